The molecule has 1 rings (SSSR count). The van der Waals surface area contributed by atoms with Crippen LogP contribution in [0.5, 0.6) is 5.75 Å². The number of hydrogen-bond donors (Lipinski definition) is 2. The number of amides is 3. The molecule has 0 heterocycles. The molecule has 0 saturated carbocycles. The van der Waals surface area contributed by atoms with E-state index in [0.717, 1.165) is 5.56 Å². The van der Waals surface area contributed by atoms with E-state index in [9.17, 15) is 14.4 Å². The van der Waals surface area contributed by atoms with Crippen LogP contribution in [0.1, 0.15) is 19.4 Å². The molecule has 0 unspecified atom stereocenters. The molecule has 0 radical (unpaired) electrons. The topological polar surface area (TPSA) is 93.7 Å². The number of rotatable bonds is 6. The van der Waals surface area contributed by atoms with Crippen LogP contribution in [-0.2, 0) is 14.3 Å². The van der Waals surface area contributed by atoms with Crippen LogP contribution in [0.4, 0.5) is 4.79 Å². The highest BCUT2D eigenvalue weighted by Crippen LogP contribution is 2.25. The zero-order valence-electron chi connectivity index (χ0n) is 13.1. The van der Waals surface area contributed by atoms with E-state index >= 15 is 0 Å². The van der Waals surface area contributed by atoms with Gasteiger partial charge in [0.1, 0.15) is 5.75 Å². The number of ether oxygens (including phenoxy) is 2. The Morgan fingerprint density at radius 3 is 2.52 bits per heavy atom. The van der Waals surface area contributed by atoms with Crippen molar-refractivity contribution in [1.82, 2.24) is 10.6 Å². The lowest BCUT2D eigenvalue weighted by molar-refractivity contribution is -0.150. The van der Waals surface area contributed by atoms with Crippen LogP contribution >= 0.6 is 15.9 Å². The Hall–Kier alpha value is -2.09. The number of aryl methyl sites for hydroxylation is 1. The first-order valence-electron chi connectivity index (χ1n) is 6.93. The van der Waals surface area contributed by atoms with Gasteiger partial charge in [-0.15, -0.1) is 0 Å². The van der Waals surface area contributed by atoms with E-state index in [1.807, 2.05) is 24.4 Å². The van der Waals surface area contributed by atoms with Gasteiger partial charge in [-0.2, -0.15) is 0 Å². The summed E-state index contributed by atoms with van der Waals surface area (Å²) in [6.07, 6.45) is 0. The smallest absolute Gasteiger partial charge is 0.344 e. The van der Waals surface area contributed by atoms with Gasteiger partial charge in [0.2, 0.25) is 0 Å². The van der Waals surface area contributed by atoms with Crippen LogP contribution in [0.15, 0.2) is 22.7 Å². The highest BCUT2D eigenvalue weighted by Gasteiger charge is 2.12. The number of halogens is 1. The summed E-state index contributed by atoms with van der Waals surface area (Å²) in [4.78, 5) is 34.2. The Morgan fingerprint density at radius 1 is 1.22 bits per heavy atom. The van der Waals surface area contributed by atoms with Gasteiger partial charge in [0.25, 0.3) is 5.91 Å². The van der Waals surface area contributed by atoms with Gasteiger partial charge in [-0.3, -0.25) is 10.1 Å². The van der Waals surface area contributed by atoms with Crippen molar-refractivity contribution in [3.05, 3.63) is 28.2 Å². The van der Waals surface area contributed by atoms with Crippen molar-refractivity contribution in [3.63, 3.8) is 0 Å². The maximum absolute atomic E-state index is 11.5. The Morgan fingerprint density at radius 2 is 1.91 bits per heavy atom. The van der Waals surface area contributed by atoms with Gasteiger partial charge in [-0.1, -0.05) is 6.07 Å². The van der Waals surface area contributed by atoms with E-state index in [1.165, 1.54) is 0 Å². The molecule has 23 heavy (non-hydrogen) atoms. The van der Waals surface area contributed by atoms with Gasteiger partial charge in [-0.25, -0.2) is 9.59 Å². The van der Waals surface area contributed by atoms with Crippen LogP contribution < -0.4 is 15.4 Å². The quantitative estimate of drug-likeness (QED) is 0.728. The molecule has 0 aromatic heterocycles. The fourth-order valence-corrected chi connectivity index (χ4v) is 2.12. The van der Waals surface area contributed by atoms with Gasteiger partial charge >= 0.3 is 12.0 Å². The minimum absolute atomic E-state index is 0.105. The van der Waals surface area contributed by atoms with Crippen LogP contribution in [-0.4, -0.2) is 37.2 Å². The first-order valence-corrected chi connectivity index (χ1v) is 7.72. The number of carbonyl (C=O) groups is 3. The fraction of sp³-hybridized carbons (Fsp3) is 0.400. The molecule has 0 saturated heterocycles. The Labute approximate surface area is 142 Å². The van der Waals surface area contributed by atoms with Crippen molar-refractivity contribution in [2.24, 2.45) is 0 Å². The predicted octanol–water partition coefficient (Wildman–Crippen LogP) is 1.91. The molecule has 0 fully saturated rings. The number of benzene rings is 1. The van der Waals surface area contributed by atoms with Gasteiger partial charge in [0.05, 0.1) is 4.47 Å². The van der Waals surface area contributed by atoms with E-state index in [1.54, 1.807) is 19.9 Å². The van der Waals surface area contributed by atoms with E-state index < -0.39 is 24.5 Å². The van der Waals surface area contributed by atoms with E-state index in [0.29, 0.717) is 10.2 Å². The van der Waals surface area contributed by atoms with Crippen molar-refractivity contribution in [1.29, 1.82) is 0 Å². The molecule has 0 aliphatic carbocycles. The lowest BCUT2D eigenvalue weighted by Gasteiger charge is -2.10. The molecular weight excluding hydrogens is 368 g/mol. The molecule has 1 aromatic carbocycles. The molecular formula is C15H19BrN2O5. The molecule has 0 spiro atoms. The van der Waals surface area contributed by atoms with Gasteiger partial charge < -0.3 is 14.8 Å². The largest absolute Gasteiger partial charge is 0.481 e. The second-order valence-corrected chi connectivity index (χ2v) is 5.91. The lowest BCUT2D eigenvalue weighted by atomic mass is 10.2. The van der Waals surface area contributed by atoms with Crippen LogP contribution in [0.25, 0.3) is 0 Å². The average molecular weight is 387 g/mol. The third kappa shape index (κ3) is 7.64. The minimum atomic E-state index is -0.715. The third-order valence-corrected chi connectivity index (χ3v) is 3.09. The summed E-state index contributed by atoms with van der Waals surface area (Å²) < 4.78 is 10.7. The molecule has 3 amide bonds. The summed E-state index contributed by atoms with van der Waals surface area (Å²) in [5.74, 6) is -0.932. The summed E-state index contributed by atoms with van der Waals surface area (Å²) in [7, 11) is 0. The van der Waals surface area contributed by atoms with Crippen molar-refractivity contribution in [2.75, 3.05) is 13.2 Å². The maximum atomic E-state index is 11.5. The summed E-state index contributed by atoms with van der Waals surface area (Å²) in [5.41, 5.74) is 1.04. The Kier molecular flexibility index (Phi) is 7.53. The first kappa shape index (κ1) is 19.0. The van der Waals surface area contributed by atoms with Crippen LogP contribution in [0.3, 0.4) is 0 Å². The SMILES string of the molecule is Cc1ccc(OCC(=O)OCC(=O)NC(=O)NC(C)C)c(Br)c1. The predicted molar refractivity (Wildman–Crippen MR) is 87.1 cm³/mol. The van der Waals surface area contributed by atoms with Gasteiger partial charge in [0, 0.05) is 6.04 Å². The number of urea groups is 1. The van der Waals surface area contributed by atoms with E-state index in [2.05, 4.69) is 21.2 Å². The Balaban J connectivity index is 2.31. The van der Waals surface area contributed by atoms with Crippen molar-refractivity contribution < 1.29 is 23.9 Å². The third-order valence-electron chi connectivity index (χ3n) is 2.47. The second-order valence-electron chi connectivity index (χ2n) is 5.06. The molecule has 8 heteroatoms. The highest BCUT2D eigenvalue weighted by molar-refractivity contribution is 9.10. The number of hydrogen-bond acceptors (Lipinski definition) is 5. The maximum Gasteiger partial charge on any atom is 0.344 e. The van der Waals surface area contributed by atoms with E-state index in [4.69, 9.17) is 9.47 Å². The molecule has 0 atom stereocenters. The van der Waals surface area contributed by atoms with Crippen LogP contribution in [0.2, 0.25) is 0 Å². The Bertz CT molecular complexity index is 589. The van der Waals surface area contributed by atoms with Gasteiger partial charge in [0.15, 0.2) is 13.2 Å². The molecule has 0 aliphatic rings. The molecule has 1 aromatic rings. The van der Waals surface area contributed by atoms with Crippen molar-refractivity contribution in [2.45, 2.75) is 26.8 Å². The van der Waals surface area contributed by atoms with E-state index in [-0.39, 0.29) is 12.6 Å². The van der Waals surface area contributed by atoms with Gasteiger partial charge in [-0.05, 0) is 54.4 Å². The standard InChI is InChI=1S/C15H19BrN2O5/c1-9(2)17-15(21)18-13(19)7-23-14(20)8-22-12-5-4-10(3)6-11(12)16/h4-6,9H,7-8H2,1-3H3,(H2,17,18,19,21). The number of carbonyl (C=O) groups excluding carboxylic acids is 3. The van der Waals surface area contributed by atoms with Crippen LogP contribution in [0, 0.1) is 6.92 Å². The molecule has 0 aliphatic heterocycles. The lowest BCUT2D eigenvalue weighted by Crippen LogP contribution is -2.44. The normalized spacial score (nSPS) is 10.1. The number of esters is 1. The second kappa shape index (κ2) is 9.14. The zero-order valence-corrected chi connectivity index (χ0v) is 14.7. The summed E-state index contributed by atoms with van der Waals surface area (Å²) in [6, 6.07) is 4.66. The van der Waals surface area contributed by atoms with Crippen molar-refractivity contribution in [3.8, 4) is 5.75 Å². The van der Waals surface area contributed by atoms with Crippen molar-refractivity contribution >= 4 is 33.8 Å². The molecule has 126 valence electrons. The average Bonchev–Trinajstić information content (AvgIpc) is 2.43. The molecule has 2 N–H and O–H groups in total. The molecule has 7 nitrogen and oxygen atoms in total. The first-order chi connectivity index (χ1) is 10.8. The number of nitrogens with one attached hydrogen (secondary N) is 2. The summed E-state index contributed by atoms with van der Waals surface area (Å²) in [6.45, 7) is 4.54. The summed E-state index contributed by atoms with van der Waals surface area (Å²) in [5, 5.41) is 4.52. The molecule has 0 bridgehead atoms. The minimum Gasteiger partial charge on any atom is -0.481 e. The fourth-order valence-electron chi connectivity index (χ4n) is 1.51. The summed E-state index contributed by atoms with van der Waals surface area (Å²) >= 11 is 3.32. The zero-order chi connectivity index (χ0) is 17.4. The monoisotopic (exact) mass is 386 g/mol. The number of imide groups is 1. The highest BCUT2D eigenvalue weighted by atomic mass is 79.9.